The molecule has 154 valence electrons. The number of rotatable bonds is 6. The summed E-state index contributed by atoms with van der Waals surface area (Å²) in [4.78, 5) is 28.9. The van der Waals surface area contributed by atoms with Crippen LogP contribution in [-0.2, 0) is 11.3 Å². The zero-order valence-electron chi connectivity index (χ0n) is 16.9. The van der Waals surface area contributed by atoms with E-state index in [-0.39, 0.29) is 11.9 Å². The molecule has 0 saturated carbocycles. The van der Waals surface area contributed by atoms with Crippen LogP contribution in [0.2, 0.25) is 0 Å². The molecule has 2 aromatic carbocycles. The number of hydrogen-bond acceptors (Lipinski definition) is 5. The van der Waals surface area contributed by atoms with Crippen molar-refractivity contribution in [3.63, 3.8) is 0 Å². The van der Waals surface area contributed by atoms with E-state index in [0.717, 1.165) is 43.2 Å². The summed E-state index contributed by atoms with van der Waals surface area (Å²) in [6.45, 7) is 5.38. The van der Waals surface area contributed by atoms with Gasteiger partial charge >= 0.3 is 6.03 Å². The van der Waals surface area contributed by atoms with Gasteiger partial charge in [-0.25, -0.2) is 4.79 Å². The topological polar surface area (TPSA) is 73.9 Å². The van der Waals surface area contributed by atoms with Gasteiger partial charge in [-0.15, -0.1) is 0 Å². The molecule has 1 heterocycles. The van der Waals surface area contributed by atoms with Crippen LogP contribution in [0.15, 0.2) is 54.6 Å². The molecule has 0 aliphatic carbocycles. The number of benzene rings is 2. The molecule has 2 aromatic rings. The summed E-state index contributed by atoms with van der Waals surface area (Å²) in [5, 5.41) is 5.16. The van der Waals surface area contributed by atoms with Crippen LogP contribution in [0.3, 0.4) is 0 Å². The van der Waals surface area contributed by atoms with Gasteiger partial charge in [0.05, 0.1) is 13.2 Å². The highest BCUT2D eigenvalue weighted by atomic mass is 16.5. The lowest BCUT2D eigenvalue weighted by molar-refractivity contribution is -0.124. The van der Waals surface area contributed by atoms with Gasteiger partial charge in [0, 0.05) is 38.4 Å². The maximum Gasteiger partial charge on any atom is 0.321 e. The molecule has 29 heavy (non-hydrogen) atoms. The Morgan fingerprint density at radius 2 is 1.66 bits per heavy atom. The van der Waals surface area contributed by atoms with Gasteiger partial charge in [0.2, 0.25) is 5.91 Å². The predicted molar refractivity (Wildman–Crippen MR) is 113 cm³/mol. The first-order valence-electron chi connectivity index (χ1n) is 9.82. The van der Waals surface area contributed by atoms with E-state index < -0.39 is 6.03 Å². The Labute approximate surface area is 171 Å². The maximum atomic E-state index is 12.4. The second-order valence-corrected chi connectivity index (χ2v) is 7.05. The summed E-state index contributed by atoms with van der Waals surface area (Å²) in [5.41, 5.74) is 2.13. The van der Waals surface area contributed by atoms with Crippen LogP contribution < -0.4 is 20.3 Å². The van der Waals surface area contributed by atoms with E-state index in [4.69, 9.17) is 4.74 Å². The number of urea groups is 1. The molecule has 0 spiro atoms. The van der Waals surface area contributed by atoms with Crippen LogP contribution in [0.4, 0.5) is 10.5 Å². The highest BCUT2D eigenvalue weighted by molar-refractivity contribution is 5.96. The van der Waals surface area contributed by atoms with Crippen molar-refractivity contribution in [1.82, 2.24) is 15.5 Å². The Morgan fingerprint density at radius 3 is 2.28 bits per heavy atom. The lowest BCUT2D eigenvalue weighted by Crippen LogP contribution is -2.55. The summed E-state index contributed by atoms with van der Waals surface area (Å²) in [5.74, 6) is 0.552. The lowest BCUT2D eigenvalue weighted by Gasteiger charge is -2.38. The number of ether oxygens (including phenoxy) is 1. The molecular weight excluding hydrogens is 368 g/mol. The maximum absolute atomic E-state index is 12.4. The predicted octanol–water partition coefficient (Wildman–Crippen LogP) is 2.23. The van der Waals surface area contributed by atoms with Crippen molar-refractivity contribution in [2.24, 2.45) is 0 Å². The number of nitrogens with zero attached hydrogens (tertiary/aromatic N) is 2. The molecule has 2 N–H and O–H groups in total. The Hall–Kier alpha value is -3.06. The molecule has 1 aliphatic rings. The minimum atomic E-state index is -0.470. The molecular formula is C22H28N4O3. The van der Waals surface area contributed by atoms with E-state index in [1.807, 2.05) is 61.5 Å². The highest BCUT2D eigenvalue weighted by Crippen LogP contribution is 2.21. The summed E-state index contributed by atoms with van der Waals surface area (Å²) < 4.78 is 5.20. The lowest BCUT2D eigenvalue weighted by atomic mass is 10.2. The van der Waals surface area contributed by atoms with Crippen molar-refractivity contribution in [3.05, 3.63) is 60.2 Å². The zero-order chi connectivity index (χ0) is 20.6. The van der Waals surface area contributed by atoms with Gasteiger partial charge in [-0.2, -0.15) is 0 Å². The number of imide groups is 1. The summed E-state index contributed by atoms with van der Waals surface area (Å²) in [6, 6.07) is 16.7. The molecule has 1 atom stereocenters. The molecule has 0 bridgehead atoms. The molecule has 7 heteroatoms. The van der Waals surface area contributed by atoms with Gasteiger partial charge in [0.1, 0.15) is 5.75 Å². The molecule has 0 aromatic heterocycles. The Kier molecular flexibility index (Phi) is 7.08. The van der Waals surface area contributed by atoms with Gasteiger partial charge in [0.15, 0.2) is 0 Å². The first kappa shape index (κ1) is 20.7. The molecule has 1 aliphatic heterocycles. The molecule has 1 saturated heterocycles. The van der Waals surface area contributed by atoms with Crippen LogP contribution >= 0.6 is 0 Å². The van der Waals surface area contributed by atoms with E-state index in [9.17, 15) is 9.59 Å². The first-order valence-corrected chi connectivity index (χ1v) is 9.82. The molecule has 3 amide bonds. The quantitative estimate of drug-likeness (QED) is 0.783. The second-order valence-electron chi connectivity index (χ2n) is 7.05. The molecule has 7 nitrogen and oxygen atoms in total. The van der Waals surface area contributed by atoms with Crippen LogP contribution in [0, 0.1) is 0 Å². The number of carbonyl (C=O) groups excluding carboxylic acids is 2. The van der Waals surface area contributed by atoms with E-state index in [0.29, 0.717) is 6.54 Å². The smallest absolute Gasteiger partial charge is 0.321 e. The number of hydrogen-bond donors (Lipinski definition) is 2. The number of anilines is 1. The number of piperazine rings is 1. The number of amides is 3. The zero-order valence-corrected chi connectivity index (χ0v) is 16.9. The number of methoxy groups -OCH3 is 1. The summed E-state index contributed by atoms with van der Waals surface area (Å²) in [6.07, 6.45) is 0. The van der Waals surface area contributed by atoms with Crippen molar-refractivity contribution in [2.45, 2.75) is 19.5 Å². The van der Waals surface area contributed by atoms with Crippen molar-refractivity contribution in [3.8, 4) is 5.75 Å². The Morgan fingerprint density at radius 1 is 1.00 bits per heavy atom. The third-order valence-electron chi connectivity index (χ3n) is 5.21. The van der Waals surface area contributed by atoms with Crippen LogP contribution in [0.1, 0.15) is 12.5 Å². The van der Waals surface area contributed by atoms with Gasteiger partial charge in [-0.1, -0.05) is 30.3 Å². The summed E-state index contributed by atoms with van der Waals surface area (Å²) in [7, 11) is 1.65. The first-order chi connectivity index (χ1) is 14.1. The number of carbonyl (C=O) groups is 2. The van der Waals surface area contributed by atoms with Crippen molar-refractivity contribution < 1.29 is 14.3 Å². The molecule has 0 unspecified atom stereocenters. The van der Waals surface area contributed by atoms with E-state index >= 15 is 0 Å². The Balaban J connectivity index is 1.43. The Bertz CT molecular complexity index is 803. The summed E-state index contributed by atoms with van der Waals surface area (Å²) >= 11 is 0. The van der Waals surface area contributed by atoms with E-state index in [1.165, 1.54) is 0 Å². The standard InChI is InChI=1S/C22H28N4O3/c1-17(21(27)24-22(28)23-16-18-6-4-3-5-7-18)25-12-14-26(15-13-25)19-8-10-20(29-2)11-9-19/h3-11,17H,12-16H2,1-2H3,(H2,23,24,27,28)/t17-/m1/s1. The fourth-order valence-corrected chi connectivity index (χ4v) is 3.37. The van der Waals surface area contributed by atoms with Gasteiger partial charge < -0.3 is 15.0 Å². The van der Waals surface area contributed by atoms with E-state index in [1.54, 1.807) is 7.11 Å². The largest absolute Gasteiger partial charge is 0.497 e. The minimum Gasteiger partial charge on any atom is -0.497 e. The average Bonchev–Trinajstić information content (AvgIpc) is 2.78. The fraction of sp³-hybridized carbons (Fsp3) is 0.364. The highest BCUT2D eigenvalue weighted by Gasteiger charge is 2.26. The normalized spacial score (nSPS) is 15.4. The van der Waals surface area contributed by atoms with Crippen LogP contribution in [0.5, 0.6) is 5.75 Å². The molecule has 0 radical (unpaired) electrons. The minimum absolute atomic E-state index is 0.284. The third kappa shape index (κ3) is 5.71. The van der Waals surface area contributed by atoms with Crippen molar-refractivity contribution in [1.29, 1.82) is 0 Å². The SMILES string of the molecule is COc1ccc(N2CCN([C@H](C)C(=O)NC(=O)NCc3ccccc3)CC2)cc1. The van der Waals surface area contributed by atoms with Gasteiger partial charge in [0.25, 0.3) is 0 Å². The van der Waals surface area contributed by atoms with Crippen LogP contribution in [0.25, 0.3) is 0 Å². The van der Waals surface area contributed by atoms with E-state index in [2.05, 4.69) is 20.4 Å². The number of nitrogens with one attached hydrogen (secondary N) is 2. The molecule has 1 fully saturated rings. The average molecular weight is 396 g/mol. The molecule has 3 rings (SSSR count). The van der Waals surface area contributed by atoms with Gasteiger partial charge in [-0.05, 0) is 36.8 Å². The van der Waals surface area contributed by atoms with Crippen molar-refractivity contribution in [2.75, 3.05) is 38.2 Å². The third-order valence-corrected chi connectivity index (χ3v) is 5.21. The second kappa shape index (κ2) is 9.93. The van der Waals surface area contributed by atoms with Crippen LogP contribution in [-0.4, -0.2) is 56.2 Å². The monoisotopic (exact) mass is 396 g/mol. The van der Waals surface area contributed by atoms with Gasteiger partial charge in [-0.3, -0.25) is 15.0 Å². The fourth-order valence-electron chi connectivity index (χ4n) is 3.37. The van der Waals surface area contributed by atoms with Crippen molar-refractivity contribution >= 4 is 17.6 Å².